The molecule has 2 saturated heterocycles. The fourth-order valence-electron chi connectivity index (χ4n) is 2.85. The van der Waals surface area contributed by atoms with Gasteiger partial charge >= 0.3 is 0 Å². The van der Waals surface area contributed by atoms with Crippen molar-refractivity contribution >= 4 is 17.4 Å². The highest BCUT2D eigenvalue weighted by Crippen LogP contribution is 2.25. The minimum absolute atomic E-state index is 0.676. The van der Waals surface area contributed by atoms with Gasteiger partial charge in [-0.05, 0) is 49.7 Å². The number of thioether (sulfide) groups is 1. The molecule has 2 aliphatic heterocycles. The fraction of sp³-hybridized carbons (Fsp3) is 0.600. The summed E-state index contributed by atoms with van der Waals surface area (Å²) in [5.74, 6) is 2.57. The van der Waals surface area contributed by atoms with Crippen molar-refractivity contribution in [3.8, 4) is 0 Å². The van der Waals surface area contributed by atoms with E-state index in [1.807, 2.05) is 0 Å². The summed E-state index contributed by atoms with van der Waals surface area (Å²) in [4.78, 5) is 2.57. The highest BCUT2D eigenvalue weighted by molar-refractivity contribution is 7.99. The molecule has 2 heterocycles. The molecule has 3 heteroatoms. The predicted octanol–water partition coefficient (Wildman–Crippen LogP) is 3.20. The number of hydrogen-bond acceptors (Lipinski definition) is 3. The van der Waals surface area contributed by atoms with Crippen molar-refractivity contribution in [1.82, 2.24) is 4.90 Å². The maximum Gasteiger partial charge on any atom is 0.0388 e. The topological polar surface area (TPSA) is 15.3 Å². The summed E-state index contributed by atoms with van der Waals surface area (Å²) in [6.07, 6.45) is 4.05. The van der Waals surface area contributed by atoms with E-state index in [2.05, 4.69) is 46.2 Å². The van der Waals surface area contributed by atoms with E-state index in [9.17, 15) is 0 Å². The molecule has 0 aliphatic carbocycles. The maximum absolute atomic E-state index is 3.74. The van der Waals surface area contributed by atoms with Crippen LogP contribution in [-0.2, 0) is 6.54 Å². The van der Waals surface area contributed by atoms with Crippen LogP contribution in [0.4, 0.5) is 5.69 Å². The highest BCUT2D eigenvalue weighted by atomic mass is 32.2. The van der Waals surface area contributed by atoms with Crippen LogP contribution in [0, 0.1) is 0 Å². The molecule has 1 aromatic rings. The zero-order valence-electron chi connectivity index (χ0n) is 10.9. The molecular formula is C15H22N2S. The van der Waals surface area contributed by atoms with Crippen molar-refractivity contribution in [3.05, 3.63) is 29.8 Å². The Morgan fingerprint density at radius 3 is 2.83 bits per heavy atom. The van der Waals surface area contributed by atoms with Crippen LogP contribution in [0.3, 0.4) is 0 Å². The van der Waals surface area contributed by atoms with Crippen LogP contribution in [0.15, 0.2) is 24.3 Å². The summed E-state index contributed by atoms with van der Waals surface area (Å²) in [5.41, 5.74) is 2.83. The zero-order valence-corrected chi connectivity index (χ0v) is 11.7. The third-order valence-corrected chi connectivity index (χ3v) is 5.06. The molecule has 0 aromatic heterocycles. The second-order valence-electron chi connectivity index (χ2n) is 5.35. The summed E-state index contributed by atoms with van der Waals surface area (Å²) >= 11 is 2.07. The predicted molar refractivity (Wildman–Crippen MR) is 80.3 cm³/mol. The summed E-state index contributed by atoms with van der Waals surface area (Å²) in [5, 5.41) is 3.74. The van der Waals surface area contributed by atoms with Gasteiger partial charge in [0, 0.05) is 24.0 Å². The Bertz CT molecular complexity index is 345. The van der Waals surface area contributed by atoms with E-state index in [0.29, 0.717) is 6.04 Å². The number of nitrogens with zero attached hydrogens (tertiary/aromatic N) is 1. The Labute approximate surface area is 114 Å². The lowest BCUT2D eigenvalue weighted by Crippen LogP contribution is -2.22. The second-order valence-corrected chi connectivity index (χ2v) is 6.50. The quantitative estimate of drug-likeness (QED) is 0.897. The molecule has 1 aromatic carbocycles. The number of benzene rings is 1. The third kappa shape index (κ3) is 3.01. The van der Waals surface area contributed by atoms with Crippen LogP contribution in [0.2, 0.25) is 0 Å². The van der Waals surface area contributed by atoms with Crippen LogP contribution in [0.1, 0.15) is 24.8 Å². The molecule has 1 unspecified atom stereocenters. The first-order chi connectivity index (χ1) is 8.92. The lowest BCUT2D eigenvalue weighted by molar-refractivity contribution is 0.332. The van der Waals surface area contributed by atoms with Crippen molar-refractivity contribution < 1.29 is 0 Å². The van der Waals surface area contributed by atoms with Crippen molar-refractivity contribution in [2.75, 3.05) is 29.9 Å². The number of anilines is 1. The number of rotatable bonds is 4. The molecule has 18 heavy (non-hydrogen) atoms. The van der Waals surface area contributed by atoms with Gasteiger partial charge in [0.15, 0.2) is 0 Å². The summed E-state index contributed by atoms with van der Waals surface area (Å²) in [6, 6.07) is 9.52. The first-order valence-electron chi connectivity index (χ1n) is 7.06. The Morgan fingerprint density at radius 1 is 1.22 bits per heavy atom. The Hall–Kier alpha value is -0.670. The smallest absolute Gasteiger partial charge is 0.0388 e. The van der Waals surface area contributed by atoms with E-state index in [1.165, 1.54) is 55.1 Å². The van der Waals surface area contributed by atoms with Gasteiger partial charge in [-0.25, -0.2) is 0 Å². The summed E-state index contributed by atoms with van der Waals surface area (Å²) in [7, 11) is 0. The van der Waals surface area contributed by atoms with Gasteiger partial charge in [0.2, 0.25) is 0 Å². The number of hydrogen-bond donors (Lipinski definition) is 1. The van der Waals surface area contributed by atoms with Crippen LogP contribution < -0.4 is 5.32 Å². The van der Waals surface area contributed by atoms with Gasteiger partial charge in [-0.1, -0.05) is 18.2 Å². The van der Waals surface area contributed by atoms with Gasteiger partial charge in [-0.15, -0.1) is 0 Å². The number of nitrogens with one attached hydrogen (secondary N) is 1. The molecule has 2 nitrogen and oxygen atoms in total. The molecule has 3 rings (SSSR count). The van der Waals surface area contributed by atoms with Gasteiger partial charge in [0.25, 0.3) is 0 Å². The lowest BCUT2D eigenvalue weighted by Gasteiger charge is -2.20. The molecule has 2 fully saturated rings. The first kappa shape index (κ1) is 12.4. The molecule has 0 bridgehead atoms. The summed E-state index contributed by atoms with van der Waals surface area (Å²) < 4.78 is 0. The van der Waals surface area contributed by atoms with Crippen molar-refractivity contribution in [1.29, 1.82) is 0 Å². The molecule has 0 radical (unpaired) electrons. The van der Waals surface area contributed by atoms with Gasteiger partial charge in [-0.3, -0.25) is 4.90 Å². The van der Waals surface area contributed by atoms with Crippen LogP contribution in [0.25, 0.3) is 0 Å². The van der Waals surface area contributed by atoms with Gasteiger partial charge in [0.05, 0.1) is 0 Å². The lowest BCUT2D eigenvalue weighted by atomic mass is 10.1. The second kappa shape index (κ2) is 5.98. The third-order valence-electron chi connectivity index (χ3n) is 3.90. The maximum atomic E-state index is 3.74. The van der Waals surface area contributed by atoms with Gasteiger partial charge in [-0.2, -0.15) is 11.8 Å². The Balaban J connectivity index is 1.67. The number of para-hydroxylation sites is 1. The standard InChI is InChI=1S/C15H22N2S/c1-2-6-15(16-14-7-10-18-12-14)13(5-1)11-17-8-3-4-9-17/h1-2,5-6,14,16H,3-4,7-12H2. The van der Waals surface area contributed by atoms with Crippen LogP contribution in [-0.4, -0.2) is 35.5 Å². The Morgan fingerprint density at radius 2 is 2.06 bits per heavy atom. The van der Waals surface area contributed by atoms with E-state index in [4.69, 9.17) is 0 Å². The highest BCUT2D eigenvalue weighted by Gasteiger charge is 2.17. The molecular weight excluding hydrogens is 240 g/mol. The molecule has 98 valence electrons. The van der Waals surface area contributed by atoms with Crippen LogP contribution >= 0.6 is 11.8 Å². The minimum Gasteiger partial charge on any atom is -0.381 e. The first-order valence-corrected chi connectivity index (χ1v) is 8.22. The zero-order chi connectivity index (χ0) is 12.2. The van der Waals surface area contributed by atoms with Crippen molar-refractivity contribution in [2.45, 2.75) is 31.8 Å². The average molecular weight is 262 g/mol. The van der Waals surface area contributed by atoms with E-state index in [0.717, 1.165) is 6.54 Å². The fourth-order valence-corrected chi connectivity index (χ4v) is 4.00. The molecule has 0 saturated carbocycles. The van der Waals surface area contributed by atoms with Crippen LogP contribution in [0.5, 0.6) is 0 Å². The summed E-state index contributed by atoms with van der Waals surface area (Å²) in [6.45, 7) is 3.66. The average Bonchev–Trinajstić information content (AvgIpc) is 3.05. The molecule has 1 atom stereocenters. The van der Waals surface area contributed by atoms with Gasteiger partial charge < -0.3 is 5.32 Å². The van der Waals surface area contributed by atoms with E-state index in [-0.39, 0.29) is 0 Å². The number of likely N-dealkylation sites (tertiary alicyclic amines) is 1. The molecule has 1 N–H and O–H groups in total. The molecule has 2 aliphatic rings. The monoisotopic (exact) mass is 262 g/mol. The SMILES string of the molecule is c1ccc(NC2CCSC2)c(CN2CCCC2)c1. The normalized spacial score (nSPS) is 24.6. The van der Waals surface area contributed by atoms with E-state index < -0.39 is 0 Å². The molecule has 0 spiro atoms. The van der Waals surface area contributed by atoms with Crippen molar-refractivity contribution in [3.63, 3.8) is 0 Å². The van der Waals surface area contributed by atoms with Gasteiger partial charge in [0.1, 0.15) is 0 Å². The minimum atomic E-state index is 0.676. The van der Waals surface area contributed by atoms with E-state index >= 15 is 0 Å². The van der Waals surface area contributed by atoms with E-state index in [1.54, 1.807) is 0 Å². The molecule has 0 amide bonds. The largest absolute Gasteiger partial charge is 0.381 e. The Kier molecular flexibility index (Phi) is 4.11. The van der Waals surface area contributed by atoms with Crippen molar-refractivity contribution in [2.24, 2.45) is 0 Å².